The molecule has 0 radical (unpaired) electrons. The number of carbonyl (C=O) groups excluding carboxylic acids is 3. The van der Waals surface area contributed by atoms with Crippen LogP contribution in [0.5, 0.6) is 11.5 Å². The summed E-state index contributed by atoms with van der Waals surface area (Å²) in [6.45, 7) is 7.90. The Labute approximate surface area is 235 Å². The third kappa shape index (κ3) is 10.6. The molecule has 3 aromatic rings. The summed E-state index contributed by atoms with van der Waals surface area (Å²) in [5.41, 5.74) is 3.82. The lowest BCUT2D eigenvalue weighted by atomic mass is 10.0. The highest BCUT2D eigenvalue weighted by molar-refractivity contribution is 5.91. The fourth-order valence-corrected chi connectivity index (χ4v) is 3.77. The second-order valence-corrected chi connectivity index (χ2v) is 9.03. The third-order valence-electron chi connectivity index (χ3n) is 5.98. The Morgan fingerprint density at radius 2 is 1.25 bits per heavy atom. The van der Waals surface area contributed by atoms with Gasteiger partial charge in [-0.15, -0.1) is 0 Å². The van der Waals surface area contributed by atoms with E-state index in [0.717, 1.165) is 53.7 Å². The number of esters is 2. The number of hydrogen-bond acceptors (Lipinski definition) is 6. The topological polar surface area (TPSA) is 78.9 Å². The number of allylic oxidation sites excluding steroid dienone is 1. The van der Waals surface area contributed by atoms with Gasteiger partial charge in [-0.3, -0.25) is 4.79 Å². The molecule has 6 heteroatoms. The van der Waals surface area contributed by atoms with Gasteiger partial charge in [0.2, 0.25) is 0 Å². The molecule has 0 aliphatic heterocycles. The normalized spacial score (nSPS) is 10.6. The number of ketones is 1. The second kappa shape index (κ2) is 16.3. The van der Waals surface area contributed by atoms with E-state index in [4.69, 9.17) is 14.2 Å². The predicted octanol–water partition coefficient (Wildman–Crippen LogP) is 6.94. The first-order valence-electron chi connectivity index (χ1n) is 13.2. The first kappa shape index (κ1) is 29.8. The Morgan fingerprint density at radius 3 is 1.88 bits per heavy atom. The molecule has 3 aromatic carbocycles. The fraction of sp³-hybridized carbons (Fsp3) is 0.206. The Bertz CT molecular complexity index is 1300. The lowest BCUT2D eigenvalue weighted by molar-refractivity contribution is -0.137. The summed E-state index contributed by atoms with van der Waals surface area (Å²) < 4.78 is 16.1. The van der Waals surface area contributed by atoms with Crippen LogP contribution in [-0.4, -0.2) is 30.9 Å². The van der Waals surface area contributed by atoms with E-state index in [1.54, 1.807) is 30.3 Å². The molecule has 6 nitrogen and oxygen atoms in total. The van der Waals surface area contributed by atoms with Crippen LogP contribution in [0.1, 0.15) is 36.8 Å². The van der Waals surface area contributed by atoms with Crippen molar-refractivity contribution >= 4 is 23.8 Å². The van der Waals surface area contributed by atoms with Crippen LogP contribution in [0.15, 0.2) is 104 Å². The van der Waals surface area contributed by atoms with Gasteiger partial charge >= 0.3 is 11.9 Å². The maximum Gasteiger partial charge on any atom is 0.336 e. The largest absolute Gasteiger partial charge is 0.494 e. The first-order chi connectivity index (χ1) is 19.5. The van der Waals surface area contributed by atoms with Gasteiger partial charge in [0.05, 0.1) is 13.2 Å². The molecule has 0 N–H and O–H groups in total. The lowest BCUT2D eigenvalue weighted by Gasteiger charge is -2.08. The monoisotopic (exact) mass is 538 g/mol. The number of ether oxygens (including phenoxy) is 3. The molecule has 40 heavy (non-hydrogen) atoms. The molecular formula is C34H34O6. The highest BCUT2D eigenvalue weighted by atomic mass is 16.5. The van der Waals surface area contributed by atoms with E-state index in [9.17, 15) is 14.4 Å². The Hall–Kier alpha value is -4.71. The summed E-state index contributed by atoms with van der Waals surface area (Å²) >= 11 is 0. The molecule has 0 fully saturated rings. The highest BCUT2D eigenvalue weighted by Gasteiger charge is 2.04. The van der Waals surface area contributed by atoms with Crippen LogP contribution in [0.4, 0.5) is 0 Å². The molecule has 0 heterocycles. The van der Waals surface area contributed by atoms with Crippen molar-refractivity contribution in [3.63, 3.8) is 0 Å². The van der Waals surface area contributed by atoms with Gasteiger partial charge < -0.3 is 14.2 Å². The SMILES string of the molecule is C=CC(=O)Cc1ccc(OC(=O)/C=C/c2ccc(-c3ccc(OCCCCCCOC(=O)C=C)cc3)cc2)cc1. The van der Waals surface area contributed by atoms with Crippen molar-refractivity contribution in [1.82, 2.24) is 0 Å². The van der Waals surface area contributed by atoms with Gasteiger partial charge in [0.1, 0.15) is 11.5 Å². The van der Waals surface area contributed by atoms with Gasteiger partial charge in [0, 0.05) is 18.6 Å². The average Bonchev–Trinajstić information content (AvgIpc) is 2.98. The second-order valence-electron chi connectivity index (χ2n) is 9.03. The van der Waals surface area contributed by atoms with E-state index < -0.39 is 5.97 Å². The van der Waals surface area contributed by atoms with Crippen molar-refractivity contribution in [3.8, 4) is 22.6 Å². The molecule has 0 aromatic heterocycles. The number of benzene rings is 3. The molecule has 0 atom stereocenters. The van der Waals surface area contributed by atoms with Crippen LogP contribution in [0.2, 0.25) is 0 Å². The lowest BCUT2D eigenvalue weighted by Crippen LogP contribution is -2.04. The summed E-state index contributed by atoms with van der Waals surface area (Å²) in [4.78, 5) is 34.6. The quantitative estimate of drug-likeness (QED) is 0.0851. The van der Waals surface area contributed by atoms with Crippen LogP contribution < -0.4 is 9.47 Å². The van der Waals surface area contributed by atoms with Gasteiger partial charge in [-0.1, -0.05) is 61.7 Å². The van der Waals surface area contributed by atoms with E-state index in [1.807, 2.05) is 48.5 Å². The van der Waals surface area contributed by atoms with Crippen molar-refractivity contribution in [2.24, 2.45) is 0 Å². The van der Waals surface area contributed by atoms with Gasteiger partial charge in [-0.25, -0.2) is 9.59 Å². The van der Waals surface area contributed by atoms with Gasteiger partial charge in [-0.05, 0) is 84.4 Å². The minimum Gasteiger partial charge on any atom is -0.494 e. The van der Waals surface area contributed by atoms with Gasteiger partial charge in [0.15, 0.2) is 5.78 Å². The molecule has 0 amide bonds. The Kier molecular flexibility index (Phi) is 12.2. The van der Waals surface area contributed by atoms with Crippen molar-refractivity contribution in [2.75, 3.05) is 13.2 Å². The molecule has 206 valence electrons. The molecule has 0 spiro atoms. The summed E-state index contributed by atoms with van der Waals surface area (Å²) in [6, 6.07) is 22.6. The summed E-state index contributed by atoms with van der Waals surface area (Å²) in [7, 11) is 0. The maximum absolute atomic E-state index is 12.2. The van der Waals surface area contributed by atoms with Gasteiger partial charge in [-0.2, -0.15) is 0 Å². The van der Waals surface area contributed by atoms with E-state index in [1.165, 1.54) is 18.2 Å². The summed E-state index contributed by atoms with van der Waals surface area (Å²) in [6.07, 6.45) is 9.58. The molecule has 0 saturated carbocycles. The number of hydrogen-bond donors (Lipinski definition) is 0. The van der Waals surface area contributed by atoms with E-state index in [0.29, 0.717) is 19.0 Å². The van der Waals surface area contributed by atoms with E-state index in [-0.39, 0.29) is 18.2 Å². The molecule has 0 unspecified atom stereocenters. The fourth-order valence-electron chi connectivity index (χ4n) is 3.77. The zero-order chi connectivity index (χ0) is 28.6. The minimum atomic E-state index is -0.483. The zero-order valence-corrected chi connectivity index (χ0v) is 22.6. The summed E-state index contributed by atoms with van der Waals surface area (Å²) in [5.74, 6) is 0.310. The number of unbranched alkanes of at least 4 members (excludes halogenated alkanes) is 3. The van der Waals surface area contributed by atoms with E-state index in [2.05, 4.69) is 13.2 Å². The molecule has 0 saturated heterocycles. The molecule has 3 rings (SSSR count). The highest BCUT2D eigenvalue weighted by Crippen LogP contribution is 2.23. The Morgan fingerprint density at radius 1 is 0.650 bits per heavy atom. The van der Waals surface area contributed by atoms with Crippen molar-refractivity contribution in [1.29, 1.82) is 0 Å². The minimum absolute atomic E-state index is 0.0636. The number of rotatable bonds is 16. The van der Waals surface area contributed by atoms with Gasteiger partial charge in [0.25, 0.3) is 0 Å². The first-order valence-corrected chi connectivity index (χ1v) is 13.2. The van der Waals surface area contributed by atoms with Crippen LogP contribution in [0.25, 0.3) is 17.2 Å². The van der Waals surface area contributed by atoms with Crippen molar-refractivity contribution in [2.45, 2.75) is 32.1 Å². The Balaban J connectivity index is 1.39. The smallest absolute Gasteiger partial charge is 0.336 e. The molecule has 0 aliphatic carbocycles. The average molecular weight is 539 g/mol. The van der Waals surface area contributed by atoms with Crippen molar-refractivity contribution in [3.05, 3.63) is 115 Å². The summed E-state index contributed by atoms with van der Waals surface area (Å²) in [5, 5.41) is 0. The predicted molar refractivity (Wildman–Crippen MR) is 157 cm³/mol. The maximum atomic E-state index is 12.2. The van der Waals surface area contributed by atoms with Crippen LogP contribution >= 0.6 is 0 Å². The molecule has 0 aliphatic rings. The van der Waals surface area contributed by atoms with Crippen LogP contribution in [0, 0.1) is 0 Å². The third-order valence-corrected chi connectivity index (χ3v) is 5.98. The van der Waals surface area contributed by atoms with Crippen molar-refractivity contribution < 1.29 is 28.6 Å². The van der Waals surface area contributed by atoms with Crippen LogP contribution in [-0.2, 0) is 25.5 Å². The zero-order valence-electron chi connectivity index (χ0n) is 22.6. The standard InChI is InChI=1S/C34H34O6/c1-3-30(35)25-27-11-18-32(19-12-27)40-34(37)22-13-26-9-14-28(15-10-26)29-16-20-31(21-17-29)38-23-7-5-6-8-24-39-33(36)4-2/h3-4,9-22H,1-2,5-8,23-25H2/b22-13+. The van der Waals surface area contributed by atoms with Crippen LogP contribution in [0.3, 0.4) is 0 Å². The molecule has 0 bridgehead atoms. The number of carbonyl (C=O) groups is 3. The van der Waals surface area contributed by atoms with E-state index >= 15 is 0 Å². The molecular weight excluding hydrogens is 504 g/mol.